The Labute approximate surface area is 183 Å². The van der Waals surface area contributed by atoms with Crippen LogP contribution in [0.5, 0.6) is 0 Å². The minimum absolute atomic E-state index is 0.0131. The molecule has 1 aromatic carbocycles. The first-order valence-corrected chi connectivity index (χ1v) is 11.3. The Hall–Kier alpha value is -3.93. The van der Waals surface area contributed by atoms with E-state index in [4.69, 9.17) is 0 Å². The van der Waals surface area contributed by atoms with Gasteiger partial charge in [0, 0.05) is 44.8 Å². The van der Waals surface area contributed by atoms with Gasteiger partial charge in [0.2, 0.25) is 0 Å². The number of aromatic nitrogens is 5. The summed E-state index contributed by atoms with van der Waals surface area (Å²) in [7, 11) is -0.408. The van der Waals surface area contributed by atoms with Crippen LogP contribution in [0.2, 0.25) is 0 Å². The number of sulfonamides is 1. The molecule has 3 aromatic heterocycles. The number of benzene rings is 1. The van der Waals surface area contributed by atoms with Gasteiger partial charge in [-0.25, -0.2) is 22.9 Å². The number of nitrogens with one attached hydrogen (secondary N) is 1. The normalized spacial score (nSPS) is 14.5. The molecule has 4 aromatic rings. The quantitative estimate of drug-likeness (QED) is 0.494. The highest BCUT2D eigenvalue weighted by atomic mass is 32.2. The third-order valence-electron chi connectivity index (χ3n) is 5.37. The average Bonchev–Trinajstić information content (AvgIpc) is 3.49. The molecule has 0 radical (unpaired) electrons. The van der Waals surface area contributed by atoms with Gasteiger partial charge in [-0.2, -0.15) is 10.2 Å². The lowest BCUT2D eigenvalue weighted by atomic mass is 10.2. The van der Waals surface area contributed by atoms with Gasteiger partial charge in [-0.3, -0.25) is 14.3 Å². The van der Waals surface area contributed by atoms with Gasteiger partial charge in [-0.1, -0.05) is 12.1 Å². The first-order chi connectivity index (χ1) is 15.3. The van der Waals surface area contributed by atoms with Crippen molar-refractivity contribution in [3.8, 4) is 5.82 Å². The Balaban J connectivity index is 1.44. The molecule has 32 heavy (non-hydrogen) atoms. The predicted molar refractivity (Wildman–Crippen MR) is 118 cm³/mol. The molecule has 0 unspecified atom stereocenters. The maximum Gasteiger partial charge on any atom is 0.324 e. The second-order valence-electron chi connectivity index (χ2n) is 7.47. The summed E-state index contributed by atoms with van der Waals surface area (Å²) >= 11 is 0. The number of anilines is 2. The third kappa shape index (κ3) is 3.34. The molecule has 0 spiro atoms. The van der Waals surface area contributed by atoms with Crippen LogP contribution < -0.4 is 9.62 Å². The second kappa shape index (κ2) is 7.34. The number of likely N-dealkylation sites (N-methyl/N-ethyl adjacent to an activating group) is 1. The van der Waals surface area contributed by atoms with Crippen molar-refractivity contribution in [3.63, 3.8) is 0 Å². The average molecular weight is 453 g/mol. The van der Waals surface area contributed by atoms with Crippen LogP contribution in [0.15, 0.2) is 60.0 Å². The summed E-state index contributed by atoms with van der Waals surface area (Å²) in [5.41, 5.74) is 1.77. The van der Waals surface area contributed by atoms with Crippen molar-refractivity contribution >= 4 is 38.3 Å². The fourth-order valence-electron chi connectivity index (χ4n) is 3.68. The first-order valence-electron chi connectivity index (χ1n) is 9.81. The zero-order valence-corrected chi connectivity index (χ0v) is 18.2. The van der Waals surface area contributed by atoms with E-state index in [2.05, 4.69) is 19.9 Å². The van der Waals surface area contributed by atoms with Crippen molar-refractivity contribution in [2.45, 2.75) is 4.90 Å². The zero-order valence-electron chi connectivity index (χ0n) is 17.4. The molecule has 4 heterocycles. The Morgan fingerprint density at radius 3 is 2.69 bits per heavy atom. The number of nitrogens with zero attached hydrogens (tertiary/aromatic N) is 7. The molecule has 0 aliphatic carbocycles. The number of fused-ring (bicyclic) bond motifs is 1. The summed E-state index contributed by atoms with van der Waals surface area (Å²) in [6, 6.07) is 8.64. The summed E-state index contributed by atoms with van der Waals surface area (Å²) in [6.07, 6.45) is 5.88. The Morgan fingerprint density at radius 2 is 1.91 bits per heavy atom. The number of carbonyl (C=O) groups excluding carboxylic acids is 1. The van der Waals surface area contributed by atoms with Crippen LogP contribution in [0, 0.1) is 0 Å². The van der Waals surface area contributed by atoms with Crippen LogP contribution in [0.1, 0.15) is 0 Å². The number of rotatable bonds is 5. The molecule has 12 heteroatoms. The maximum atomic E-state index is 13.0. The highest BCUT2D eigenvalue weighted by Crippen LogP contribution is 2.26. The highest BCUT2D eigenvalue weighted by molar-refractivity contribution is 7.92. The number of hydrogen-bond donors (Lipinski definition) is 1. The Kier molecular flexibility index (Phi) is 4.59. The van der Waals surface area contributed by atoms with E-state index in [-0.39, 0.29) is 10.9 Å². The van der Waals surface area contributed by atoms with Crippen LogP contribution >= 0.6 is 0 Å². The number of hydrogen-bond acceptors (Lipinski definition) is 6. The molecule has 5 rings (SSSR count). The molecule has 0 bridgehead atoms. The van der Waals surface area contributed by atoms with Gasteiger partial charge < -0.3 is 4.90 Å². The first kappa shape index (κ1) is 20.0. The predicted octanol–water partition coefficient (Wildman–Crippen LogP) is 1.83. The van der Waals surface area contributed by atoms with Gasteiger partial charge in [0.1, 0.15) is 4.90 Å². The smallest absolute Gasteiger partial charge is 0.324 e. The molecule has 1 aliphatic rings. The number of para-hydroxylation sites is 1. The molecule has 1 saturated heterocycles. The van der Waals surface area contributed by atoms with E-state index in [1.54, 1.807) is 65.2 Å². The number of urea groups is 1. The summed E-state index contributed by atoms with van der Waals surface area (Å²) in [6.45, 7) is 1.21. The Bertz CT molecular complexity index is 1440. The lowest BCUT2D eigenvalue weighted by molar-refractivity contribution is 0.229. The monoisotopic (exact) mass is 452 g/mol. The van der Waals surface area contributed by atoms with Crippen LogP contribution in [-0.2, 0) is 17.1 Å². The molecular weight excluding hydrogens is 432 g/mol. The standard InChI is InChI=1S/C20H20N8O3S/c1-25-8-9-27(20(25)29)15-6-7-21-18(10-15)28-13-16(12-23-28)32(30,31)24-17-5-3-4-14-11-22-26(2)19(14)17/h3-7,10-13,24H,8-9H2,1-2H3. The zero-order chi connectivity index (χ0) is 22.5. The molecule has 1 N–H and O–H groups in total. The van der Waals surface area contributed by atoms with Crippen molar-refractivity contribution in [3.05, 3.63) is 55.1 Å². The van der Waals surface area contributed by atoms with Crippen LogP contribution in [-0.4, -0.2) is 64.0 Å². The van der Waals surface area contributed by atoms with E-state index in [1.165, 1.54) is 17.1 Å². The highest BCUT2D eigenvalue weighted by Gasteiger charge is 2.27. The third-order valence-corrected chi connectivity index (χ3v) is 6.69. The molecule has 1 aliphatic heterocycles. The summed E-state index contributed by atoms with van der Waals surface area (Å²) in [4.78, 5) is 19.8. The minimum atomic E-state index is -3.90. The molecular formula is C20H20N8O3S. The topological polar surface area (TPSA) is 118 Å². The number of carbonyl (C=O) groups is 1. The van der Waals surface area contributed by atoms with E-state index in [0.717, 1.165) is 5.39 Å². The van der Waals surface area contributed by atoms with E-state index in [9.17, 15) is 13.2 Å². The summed E-state index contributed by atoms with van der Waals surface area (Å²) in [5, 5.41) is 9.17. The van der Waals surface area contributed by atoms with E-state index in [0.29, 0.717) is 35.8 Å². The number of pyridine rings is 1. The summed E-state index contributed by atoms with van der Waals surface area (Å²) in [5.74, 6) is 0.403. The molecule has 1 fully saturated rings. The van der Waals surface area contributed by atoms with E-state index >= 15 is 0 Å². The number of aryl methyl sites for hydroxylation is 1. The fraction of sp³-hybridized carbons (Fsp3) is 0.200. The van der Waals surface area contributed by atoms with E-state index in [1.807, 2.05) is 6.07 Å². The van der Waals surface area contributed by atoms with Gasteiger partial charge in [0.05, 0.1) is 35.5 Å². The molecule has 0 atom stereocenters. The van der Waals surface area contributed by atoms with Crippen molar-refractivity contribution in [2.24, 2.45) is 7.05 Å². The van der Waals surface area contributed by atoms with Crippen molar-refractivity contribution in [1.29, 1.82) is 0 Å². The van der Waals surface area contributed by atoms with Crippen LogP contribution in [0.4, 0.5) is 16.2 Å². The van der Waals surface area contributed by atoms with Gasteiger partial charge >= 0.3 is 6.03 Å². The van der Waals surface area contributed by atoms with Crippen molar-refractivity contribution in [2.75, 3.05) is 29.8 Å². The fourth-order valence-corrected chi connectivity index (χ4v) is 4.67. The largest absolute Gasteiger partial charge is 0.326 e. The minimum Gasteiger partial charge on any atom is -0.326 e. The lowest BCUT2D eigenvalue weighted by Gasteiger charge is -2.16. The van der Waals surface area contributed by atoms with Gasteiger partial charge in [0.15, 0.2) is 5.82 Å². The molecule has 0 saturated carbocycles. The van der Waals surface area contributed by atoms with Gasteiger partial charge in [-0.15, -0.1) is 0 Å². The maximum absolute atomic E-state index is 13.0. The Morgan fingerprint density at radius 1 is 1.06 bits per heavy atom. The molecule has 2 amide bonds. The van der Waals surface area contributed by atoms with Crippen LogP contribution in [0.3, 0.4) is 0 Å². The lowest BCUT2D eigenvalue weighted by Crippen LogP contribution is -2.29. The molecule has 164 valence electrons. The number of amides is 2. The van der Waals surface area contributed by atoms with Gasteiger partial charge in [-0.05, 0) is 12.1 Å². The summed E-state index contributed by atoms with van der Waals surface area (Å²) < 4.78 is 31.6. The second-order valence-corrected chi connectivity index (χ2v) is 9.15. The van der Waals surface area contributed by atoms with Crippen molar-refractivity contribution in [1.82, 2.24) is 29.4 Å². The van der Waals surface area contributed by atoms with Crippen LogP contribution in [0.25, 0.3) is 16.7 Å². The molecule has 11 nitrogen and oxygen atoms in total. The van der Waals surface area contributed by atoms with Crippen molar-refractivity contribution < 1.29 is 13.2 Å². The SMILES string of the molecule is CN1CCN(c2ccnc(-n3cc(S(=O)(=O)Nc4cccc5cnn(C)c45)cn3)c2)C1=O. The van der Waals surface area contributed by atoms with E-state index < -0.39 is 10.0 Å². The van der Waals surface area contributed by atoms with Gasteiger partial charge in [0.25, 0.3) is 10.0 Å².